The van der Waals surface area contributed by atoms with Crippen molar-refractivity contribution in [1.82, 2.24) is 14.8 Å². The van der Waals surface area contributed by atoms with Gasteiger partial charge in [-0.1, -0.05) is 25.0 Å². The number of aliphatic hydroxyl groups excluding tert-OH is 2. The Balaban J connectivity index is 1.20. The van der Waals surface area contributed by atoms with Crippen LogP contribution in [-0.2, 0) is 9.59 Å². The molecule has 0 aliphatic carbocycles. The number of nitrogens with zero attached hydrogens (tertiary/aromatic N) is 3. The summed E-state index contributed by atoms with van der Waals surface area (Å²) in [5, 5.41) is 27.2. The molecule has 40 heavy (non-hydrogen) atoms. The molecule has 2 amide bonds. The van der Waals surface area contributed by atoms with Crippen LogP contribution in [-0.4, -0.2) is 88.3 Å². The van der Waals surface area contributed by atoms with Gasteiger partial charge in [-0.25, -0.2) is 4.98 Å². The van der Waals surface area contributed by atoms with Crippen LogP contribution in [0.2, 0.25) is 0 Å². The Labute approximate surface area is 235 Å². The van der Waals surface area contributed by atoms with Crippen LogP contribution in [0.25, 0.3) is 21.8 Å². The van der Waals surface area contributed by atoms with Gasteiger partial charge in [-0.2, -0.15) is 0 Å². The van der Waals surface area contributed by atoms with Crippen molar-refractivity contribution in [3.8, 4) is 0 Å². The number of anilines is 2. The van der Waals surface area contributed by atoms with Gasteiger partial charge in [0.05, 0.1) is 24.2 Å². The molecular weight excluding hydrogens is 506 g/mol. The molecule has 3 heterocycles. The Morgan fingerprint density at radius 2 is 1.20 bits per heavy atom. The minimum absolute atomic E-state index is 0.0535. The number of rotatable bonds is 10. The summed E-state index contributed by atoms with van der Waals surface area (Å²) in [4.78, 5) is 34.6. The van der Waals surface area contributed by atoms with Crippen LogP contribution in [0.3, 0.4) is 0 Å². The first-order valence-electron chi connectivity index (χ1n) is 14.7. The van der Waals surface area contributed by atoms with Gasteiger partial charge < -0.3 is 20.8 Å². The Hall–Kier alpha value is -3.11. The van der Waals surface area contributed by atoms with Crippen LogP contribution in [0.15, 0.2) is 42.5 Å². The number of aliphatic hydroxyl groups is 2. The summed E-state index contributed by atoms with van der Waals surface area (Å²) < 4.78 is 0. The van der Waals surface area contributed by atoms with Gasteiger partial charge in [0.25, 0.3) is 0 Å². The maximum atomic E-state index is 12.7. The Morgan fingerprint density at radius 3 is 1.65 bits per heavy atom. The van der Waals surface area contributed by atoms with Crippen molar-refractivity contribution in [1.29, 1.82) is 0 Å². The molecule has 0 radical (unpaired) electrons. The lowest BCUT2D eigenvalue weighted by Gasteiger charge is -2.34. The van der Waals surface area contributed by atoms with E-state index in [9.17, 15) is 19.8 Å². The van der Waals surface area contributed by atoms with Gasteiger partial charge in [0.15, 0.2) is 0 Å². The summed E-state index contributed by atoms with van der Waals surface area (Å²) in [5.41, 5.74) is 2.94. The standard InChI is InChI=1S/C31H41N5O4/c37-20-26-5-1-3-13-35(26)15-11-30(39)32-24-9-7-22-17-23-8-10-25(19-29(23)34-28(22)18-24)33-31(40)12-16-36-14-4-2-6-27(36)21-38/h7-10,17-19,26-27,37-38H,1-6,11-16,20-21H2,(H,32,39)(H,33,40). The zero-order chi connectivity index (χ0) is 27.9. The van der Waals surface area contributed by atoms with Gasteiger partial charge in [0.2, 0.25) is 11.8 Å². The van der Waals surface area contributed by atoms with E-state index in [1.807, 2.05) is 36.4 Å². The average Bonchev–Trinajstić information content (AvgIpc) is 2.98. The third-order valence-corrected chi connectivity index (χ3v) is 8.35. The zero-order valence-corrected chi connectivity index (χ0v) is 23.1. The zero-order valence-electron chi connectivity index (χ0n) is 23.1. The molecule has 2 fully saturated rings. The number of benzene rings is 2. The molecule has 0 bridgehead atoms. The van der Waals surface area contributed by atoms with Crippen molar-refractivity contribution in [3.05, 3.63) is 42.5 Å². The van der Waals surface area contributed by atoms with Crippen LogP contribution in [0, 0.1) is 0 Å². The smallest absolute Gasteiger partial charge is 0.225 e. The fraction of sp³-hybridized carbons (Fsp3) is 0.516. The monoisotopic (exact) mass is 547 g/mol. The molecule has 1 aromatic heterocycles. The quantitative estimate of drug-likeness (QED) is 0.286. The van der Waals surface area contributed by atoms with E-state index in [2.05, 4.69) is 26.5 Å². The Morgan fingerprint density at radius 1 is 0.725 bits per heavy atom. The molecular formula is C31H41N5O4. The van der Waals surface area contributed by atoms with Crippen LogP contribution < -0.4 is 10.6 Å². The number of hydrogen-bond donors (Lipinski definition) is 4. The van der Waals surface area contributed by atoms with Crippen LogP contribution in [0.5, 0.6) is 0 Å². The SMILES string of the molecule is O=C(CCN1CCCCC1CO)Nc1ccc2cc3ccc(NC(=O)CCN4CCCCC4CO)cc3nc2c1. The van der Waals surface area contributed by atoms with E-state index in [4.69, 9.17) is 4.98 Å². The minimum atomic E-state index is -0.0535. The highest BCUT2D eigenvalue weighted by Crippen LogP contribution is 2.25. The van der Waals surface area contributed by atoms with E-state index in [1.165, 1.54) is 0 Å². The number of nitrogens with one attached hydrogen (secondary N) is 2. The molecule has 214 valence electrons. The molecule has 5 rings (SSSR count). The average molecular weight is 548 g/mol. The maximum Gasteiger partial charge on any atom is 0.225 e. The molecule has 0 spiro atoms. The summed E-state index contributed by atoms with van der Waals surface area (Å²) in [6.45, 7) is 3.42. The fourth-order valence-electron chi connectivity index (χ4n) is 6.04. The van der Waals surface area contributed by atoms with E-state index < -0.39 is 0 Å². The predicted molar refractivity (Wildman–Crippen MR) is 158 cm³/mol. The van der Waals surface area contributed by atoms with Crippen LogP contribution in [0.1, 0.15) is 51.4 Å². The first-order valence-corrected chi connectivity index (χ1v) is 14.7. The fourth-order valence-corrected chi connectivity index (χ4v) is 6.04. The van der Waals surface area contributed by atoms with Crippen molar-refractivity contribution in [2.75, 3.05) is 50.0 Å². The molecule has 2 atom stereocenters. The number of amides is 2. The molecule has 2 aliphatic heterocycles. The van der Waals surface area contributed by atoms with Gasteiger partial charge in [-0.05, 0) is 69.1 Å². The predicted octanol–water partition coefficient (Wildman–Crippen LogP) is 3.74. The summed E-state index contributed by atoms with van der Waals surface area (Å²) in [6, 6.07) is 13.8. The highest BCUT2D eigenvalue weighted by Gasteiger charge is 2.23. The second-order valence-electron chi connectivity index (χ2n) is 11.1. The summed E-state index contributed by atoms with van der Waals surface area (Å²) in [7, 11) is 0. The Kier molecular flexibility index (Phi) is 9.59. The van der Waals surface area contributed by atoms with E-state index in [0.29, 0.717) is 37.3 Å². The molecule has 9 heteroatoms. The second kappa shape index (κ2) is 13.5. The highest BCUT2D eigenvalue weighted by molar-refractivity contribution is 5.99. The van der Waals surface area contributed by atoms with Crippen molar-refractivity contribution < 1.29 is 19.8 Å². The Bertz CT molecular complexity index is 1230. The lowest BCUT2D eigenvalue weighted by Crippen LogP contribution is -2.43. The molecule has 2 unspecified atom stereocenters. The van der Waals surface area contributed by atoms with Crippen molar-refractivity contribution >= 4 is 45.0 Å². The van der Waals surface area contributed by atoms with Crippen molar-refractivity contribution in [3.63, 3.8) is 0 Å². The number of piperidine rings is 2. The number of carbonyl (C=O) groups excluding carboxylic acids is 2. The van der Waals surface area contributed by atoms with E-state index in [1.54, 1.807) is 0 Å². The number of hydrogen-bond acceptors (Lipinski definition) is 7. The van der Waals surface area contributed by atoms with Gasteiger partial charge in [0.1, 0.15) is 0 Å². The van der Waals surface area contributed by atoms with E-state index >= 15 is 0 Å². The number of likely N-dealkylation sites (tertiary alicyclic amines) is 2. The number of pyridine rings is 1. The second-order valence-corrected chi connectivity index (χ2v) is 11.1. The van der Waals surface area contributed by atoms with E-state index in [0.717, 1.165) is 73.4 Å². The first kappa shape index (κ1) is 28.4. The highest BCUT2D eigenvalue weighted by atomic mass is 16.3. The topological polar surface area (TPSA) is 118 Å². The van der Waals surface area contributed by atoms with E-state index in [-0.39, 0.29) is 37.1 Å². The molecule has 2 aromatic carbocycles. The molecule has 4 N–H and O–H groups in total. The number of carbonyl (C=O) groups is 2. The summed E-state index contributed by atoms with van der Waals surface area (Å²) >= 11 is 0. The van der Waals surface area contributed by atoms with Crippen LogP contribution in [0.4, 0.5) is 11.4 Å². The third kappa shape index (κ3) is 7.14. The lowest BCUT2D eigenvalue weighted by atomic mass is 10.0. The molecule has 0 saturated carbocycles. The normalized spacial score (nSPS) is 20.6. The first-order chi connectivity index (χ1) is 19.5. The molecule has 9 nitrogen and oxygen atoms in total. The minimum Gasteiger partial charge on any atom is -0.395 e. The summed E-state index contributed by atoms with van der Waals surface area (Å²) in [6.07, 6.45) is 7.20. The van der Waals surface area contributed by atoms with Crippen molar-refractivity contribution in [2.45, 2.75) is 63.5 Å². The molecule has 2 saturated heterocycles. The maximum absolute atomic E-state index is 12.7. The molecule has 3 aromatic rings. The number of fused-ring (bicyclic) bond motifs is 2. The lowest BCUT2D eigenvalue weighted by molar-refractivity contribution is -0.117. The van der Waals surface area contributed by atoms with Crippen LogP contribution >= 0.6 is 0 Å². The largest absolute Gasteiger partial charge is 0.395 e. The van der Waals surface area contributed by atoms with Gasteiger partial charge in [-0.15, -0.1) is 0 Å². The number of aromatic nitrogens is 1. The summed E-state index contributed by atoms with van der Waals surface area (Å²) in [5.74, 6) is -0.107. The van der Waals surface area contributed by atoms with Gasteiger partial charge in [-0.3, -0.25) is 19.4 Å². The molecule has 2 aliphatic rings. The van der Waals surface area contributed by atoms with Gasteiger partial charge >= 0.3 is 0 Å². The van der Waals surface area contributed by atoms with Gasteiger partial charge in [0, 0.05) is 60.2 Å². The third-order valence-electron chi connectivity index (χ3n) is 8.35. The van der Waals surface area contributed by atoms with Crippen molar-refractivity contribution in [2.24, 2.45) is 0 Å².